The van der Waals surface area contributed by atoms with E-state index < -0.39 is 0 Å². The Kier molecular flexibility index (Phi) is 4.97. The molecule has 5 heteroatoms. The first-order chi connectivity index (χ1) is 8.69. The van der Waals surface area contributed by atoms with E-state index in [1.54, 1.807) is 0 Å². The number of nitrogens with two attached hydrogens (primary N) is 1. The van der Waals surface area contributed by atoms with Gasteiger partial charge in [-0.3, -0.25) is 14.6 Å². The third kappa shape index (κ3) is 3.67. The highest BCUT2D eigenvalue weighted by molar-refractivity contribution is 5.71. The van der Waals surface area contributed by atoms with E-state index in [-0.39, 0.29) is 5.97 Å². The van der Waals surface area contributed by atoms with Crippen molar-refractivity contribution >= 4 is 5.97 Å². The first-order valence-electron chi connectivity index (χ1n) is 7.06. The van der Waals surface area contributed by atoms with E-state index in [1.165, 1.54) is 0 Å². The van der Waals surface area contributed by atoms with Crippen molar-refractivity contribution in [3.8, 4) is 0 Å². The van der Waals surface area contributed by atoms with E-state index in [0.717, 1.165) is 45.4 Å². The van der Waals surface area contributed by atoms with Crippen LogP contribution in [0.4, 0.5) is 0 Å². The maximum atomic E-state index is 11.4. The van der Waals surface area contributed by atoms with Gasteiger partial charge in [0.25, 0.3) is 0 Å². The van der Waals surface area contributed by atoms with Crippen molar-refractivity contribution in [2.75, 3.05) is 39.3 Å². The SMILES string of the molecule is CCOC(=O)CN1CCC(N2CCC(N)CC2)C1. The van der Waals surface area contributed by atoms with Gasteiger partial charge in [-0.25, -0.2) is 0 Å². The molecule has 0 aliphatic carbocycles. The highest BCUT2D eigenvalue weighted by Gasteiger charge is 2.30. The molecule has 0 bridgehead atoms. The molecule has 2 N–H and O–H groups in total. The van der Waals surface area contributed by atoms with E-state index in [2.05, 4.69) is 9.80 Å². The normalized spacial score (nSPS) is 27.6. The third-order valence-electron chi connectivity index (χ3n) is 4.00. The summed E-state index contributed by atoms with van der Waals surface area (Å²) in [4.78, 5) is 16.2. The van der Waals surface area contributed by atoms with Gasteiger partial charge in [-0.1, -0.05) is 0 Å². The van der Waals surface area contributed by atoms with Crippen LogP contribution in [0.2, 0.25) is 0 Å². The van der Waals surface area contributed by atoms with Crippen molar-refractivity contribution in [1.29, 1.82) is 0 Å². The summed E-state index contributed by atoms with van der Waals surface area (Å²) in [5.41, 5.74) is 5.92. The summed E-state index contributed by atoms with van der Waals surface area (Å²) < 4.78 is 4.99. The fraction of sp³-hybridized carbons (Fsp3) is 0.923. The highest BCUT2D eigenvalue weighted by Crippen LogP contribution is 2.19. The summed E-state index contributed by atoms with van der Waals surface area (Å²) in [7, 11) is 0. The minimum atomic E-state index is -0.0983. The summed E-state index contributed by atoms with van der Waals surface area (Å²) >= 11 is 0. The van der Waals surface area contributed by atoms with Gasteiger partial charge in [0.1, 0.15) is 0 Å². The van der Waals surface area contributed by atoms with Gasteiger partial charge in [0.15, 0.2) is 0 Å². The second-order valence-corrected chi connectivity index (χ2v) is 5.36. The van der Waals surface area contributed by atoms with Crippen LogP contribution < -0.4 is 5.73 Å². The van der Waals surface area contributed by atoms with Crippen LogP contribution in [0, 0.1) is 0 Å². The van der Waals surface area contributed by atoms with Crippen molar-refractivity contribution in [3.05, 3.63) is 0 Å². The summed E-state index contributed by atoms with van der Waals surface area (Å²) in [5, 5.41) is 0. The Morgan fingerprint density at radius 2 is 2.00 bits per heavy atom. The molecule has 2 heterocycles. The summed E-state index contributed by atoms with van der Waals surface area (Å²) in [6, 6.07) is 0.991. The minimum absolute atomic E-state index is 0.0983. The van der Waals surface area contributed by atoms with Crippen LogP contribution in [0.3, 0.4) is 0 Å². The molecular formula is C13H25N3O2. The van der Waals surface area contributed by atoms with Crippen LogP contribution in [-0.4, -0.2) is 67.2 Å². The minimum Gasteiger partial charge on any atom is -0.465 e. The number of rotatable bonds is 4. The lowest BCUT2D eigenvalue weighted by Gasteiger charge is -2.34. The molecule has 5 nitrogen and oxygen atoms in total. The van der Waals surface area contributed by atoms with Crippen LogP contribution >= 0.6 is 0 Å². The number of likely N-dealkylation sites (tertiary alicyclic amines) is 2. The predicted molar refractivity (Wildman–Crippen MR) is 70.3 cm³/mol. The average Bonchev–Trinajstić information content (AvgIpc) is 2.78. The third-order valence-corrected chi connectivity index (χ3v) is 4.00. The van der Waals surface area contributed by atoms with Crippen LogP contribution in [0.25, 0.3) is 0 Å². The second kappa shape index (κ2) is 6.50. The van der Waals surface area contributed by atoms with E-state index in [0.29, 0.717) is 25.2 Å². The molecule has 0 radical (unpaired) electrons. The Morgan fingerprint density at radius 3 is 2.67 bits per heavy atom. The van der Waals surface area contributed by atoms with Gasteiger partial charge in [-0.2, -0.15) is 0 Å². The smallest absolute Gasteiger partial charge is 0.320 e. The summed E-state index contributed by atoms with van der Waals surface area (Å²) in [5.74, 6) is -0.0983. The number of ether oxygens (including phenoxy) is 1. The standard InChI is InChI=1S/C13H25N3O2/c1-2-18-13(17)10-15-6-5-12(9-15)16-7-3-11(14)4-8-16/h11-12H,2-10,14H2,1H3. The quantitative estimate of drug-likeness (QED) is 0.719. The van der Waals surface area contributed by atoms with Gasteiger partial charge in [-0.05, 0) is 39.3 Å². The van der Waals surface area contributed by atoms with Crippen molar-refractivity contribution in [1.82, 2.24) is 9.80 Å². The molecule has 0 aromatic carbocycles. The molecule has 0 aromatic rings. The Morgan fingerprint density at radius 1 is 1.28 bits per heavy atom. The first kappa shape index (κ1) is 13.8. The van der Waals surface area contributed by atoms with Gasteiger partial charge in [-0.15, -0.1) is 0 Å². The zero-order valence-electron chi connectivity index (χ0n) is 11.3. The molecule has 2 fully saturated rings. The maximum Gasteiger partial charge on any atom is 0.320 e. The van der Waals surface area contributed by atoms with Crippen molar-refractivity contribution < 1.29 is 9.53 Å². The van der Waals surface area contributed by atoms with Crippen LogP contribution in [0.1, 0.15) is 26.2 Å². The molecule has 2 aliphatic rings. The fourth-order valence-corrected chi connectivity index (χ4v) is 2.93. The average molecular weight is 255 g/mol. The van der Waals surface area contributed by atoms with E-state index in [9.17, 15) is 4.79 Å². The van der Waals surface area contributed by atoms with Gasteiger partial charge >= 0.3 is 5.97 Å². The van der Waals surface area contributed by atoms with Gasteiger partial charge in [0.05, 0.1) is 13.2 Å². The van der Waals surface area contributed by atoms with E-state index >= 15 is 0 Å². The van der Waals surface area contributed by atoms with Crippen molar-refractivity contribution in [2.45, 2.75) is 38.3 Å². The second-order valence-electron chi connectivity index (χ2n) is 5.36. The number of hydrogen-bond donors (Lipinski definition) is 1. The molecule has 2 rings (SSSR count). The molecule has 0 spiro atoms. The maximum absolute atomic E-state index is 11.4. The van der Waals surface area contributed by atoms with Crippen molar-refractivity contribution in [3.63, 3.8) is 0 Å². The number of esters is 1. The zero-order chi connectivity index (χ0) is 13.0. The largest absolute Gasteiger partial charge is 0.465 e. The predicted octanol–water partition coefficient (Wildman–Crippen LogP) is 0.0469. The van der Waals surface area contributed by atoms with E-state index in [4.69, 9.17) is 10.5 Å². The fourth-order valence-electron chi connectivity index (χ4n) is 2.93. The molecule has 2 aliphatic heterocycles. The summed E-state index contributed by atoms with van der Waals surface area (Å²) in [6.07, 6.45) is 3.37. The highest BCUT2D eigenvalue weighted by atomic mass is 16.5. The molecule has 0 amide bonds. The number of hydrogen-bond acceptors (Lipinski definition) is 5. The number of carbonyl (C=O) groups excluding carboxylic acids is 1. The lowest BCUT2D eigenvalue weighted by atomic mass is 10.0. The lowest BCUT2D eigenvalue weighted by molar-refractivity contribution is -0.144. The molecule has 2 saturated heterocycles. The Balaban J connectivity index is 1.73. The molecule has 0 aromatic heterocycles. The number of nitrogens with zero attached hydrogens (tertiary/aromatic N) is 2. The van der Waals surface area contributed by atoms with Crippen molar-refractivity contribution in [2.24, 2.45) is 5.73 Å². The molecular weight excluding hydrogens is 230 g/mol. The molecule has 0 saturated carbocycles. The van der Waals surface area contributed by atoms with Gasteiger partial charge in [0, 0.05) is 25.2 Å². The Labute approximate surface area is 109 Å². The monoisotopic (exact) mass is 255 g/mol. The van der Waals surface area contributed by atoms with Gasteiger partial charge < -0.3 is 10.5 Å². The molecule has 104 valence electrons. The van der Waals surface area contributed by atoms with Crippen LogP contribution in [-0.2, 0) is 9.53 Å². The lowest BCUT2D eigenvalue weighted by Crippen LogP contribution is -2.46. The first-order valence-corrected chi connectivity index (χ1v) is 7.06. The topological polar surface area (TPSA) is 58.8 Å². The summed E-state index contributed by atoms with van der Waals surface area (Å²) in [6.45, 7) is 6.98. The molecule has 1 unspecified atom stereocenters. The Bertz CT molecular complexity index is 277. The van der Waals surface area contributed by atoms with Crippen LogP contribution in [0.5, 0.6) is 0 Å². The zero-order valence-corrected chi connectivity index (χ0v) is 11.3. The molecule has 1 atom stereocenters. The van der Waals surface area contributed by atoms with Gasteiger partial charge in [0.2, 0.25) is 0 Å². The molecule has 18 heavy (non-hydrogen) atoms. The van der Waals surface area contributed by atoms with E-state index in [1.807, 2.05) is 6.92 Å². The number of carbonyl (C=O) groups is 1. The Hall–Kier alpha value is -0.650. The van der Waals surface area contributed by atoms with Crippen LogP contribution in [0.15, 0.2) is 0 Å². The number of piperidine rings is 1.